The normalized spacial score (nSPS) is 14.9. The first kappa shape index (κ1) is 17.2. The van der Waals surface area contributed by atoms with Crippen molar-refractivity contribution in [2.75, 3.05) is 25.4 Å². The predicted molar refractivity (Wildman–Crippen MR) is 105 cm³/mol. The number of carbonyl (C=O) groups is 1. The minimum atomic E-state index is -0.141. The fraction of sp³-hybridized carbons (Fsp3) is 0.350. The number of furan rings is 1. The third-order valence-electron chi connectivity index (χ3n) is 4.66. The number of aromatic amines is 1. The molecule has 3 heterocycles. The Kier molecular flexibility index (Phi) is 5.32. The monoisotopic (exact) mass is 369 g/mol. The van der Waals surface area contributed by atoms with E-state index in [1.807, 2.05) is 24.4 Å². The molecule has 0 atom stereocenters. The summed E-state index contributed by atoms with van der Waals surface area (Å²) in [7, 11) is 0. The summed E-state index contributed by atoms with van der Waals surface area (Å²) in [6.45, 7) is 3.63. The quantitative estimate of drug-likeness (QED) is 0.490. The fourth-order valence-electron chi connectivity index (χ4n) is 3.32. The number of nitrogens with zero attached hydrogens (tertiary/aromatic N) is 1. The van der Waals surface area contributed by atoms with E-state index in [1.54, 1.807) is 17.8 Å². The van der Waals surface area contributed by atoms with Gasteiger partial charge in [0.1, 0.15) is 5.76 Å². The van der Waals surface area contributed by atoms with E-state index in [1.165, 1.54) is 23.1 Å². The lowest BCUT2D eigenvalue weighted by molar-refractivity contribution is 0.0925. The summed E-state index contributed by atoms with van der Waals surface area (Å²) in [4.78, 5) is 19.1. The van der Waals surface area contributed by atoms with Crippen LogP contribution in [0.1, 0.15) is 29.2 Å². The van der Waals surface area contributed by atoms with Crippen LogP contribution in [0.15, 0.2) is 51.9 Å². The van der Waals surface area contributed by atoms with Crippen LogP contribution in [0.25, 0.3) is 10.9 Å². The number of likely N-dealkylation sites (tertiary alicyclic amines) is 1. The Balaban J connectivity index is 1.24. The molecule has 1 aliphatic rings. The SMILES string of the molecule is O=C(NCCSc1c[nH]c2ccccc12)c1ccc(CN2CCCC2)o1. The van der Waals surface area contributed by atoms with Crippen molar-refractivity contribution in [2.45, 2.75) is 24.3 Å². The molecule has 3 aromatic rings. The fourth-order valence-corrected chi connectivity index (χ4v) is 4.22. The van der Waals surface area contributed by atoms with Gasteiger partial charge in [-0.2, -0.15) is 0 Å². The highest BCUT2D eigenvalue weighted by atomic mass is 32.2. The van der Waals surface area contributed by atoms with E-state index < -0.39 is 0 Å². The number of aromatic nitrogens is 1. The second-order valence-corrected chi connectivity index (χ2v) is 7.69. The minimum absolute atomic E-state index is 0.141. The van der Waals surface area contributed by atoms with Gasteiger partial charge in [0.25, 0.3) is 5.91 Å². The lowest BCUT2D eigenvalue weighted by Crippen LogP contribution is -2.25. The highest BCUT2D eigenvalue weighted by molar-refractivity contribution is 7.99. The van der Waals surface area contributed by atoms with E-state index in [0.717, 1.165) is 36.7 Å². The predicted octanol–water partition coefficient (Wildman–Crippen LogP) is 3.88. The Morgan fingerprint density at radius 3 is 2.92 bits per heavy atom. The molecule has 2 N–H and O–H groups in total. The van der Waals surface area contributed by atoms with Gasteiger partial charge in [0, 0.05) is 34.3 Å². The summed E-state index contributed by atoms with van der Waals surface area (Å²) in [6.07, 6.45) is 4.53. The van der Waals surface area contributed by atoms with E-state index in [2.05, 4.69) is 27.3 Å². The number of rotatable bonds is 7. The van der Waals surface area contributed by atoms with E-state index in [4.69, 9.17) is 4.42 Å². The van der Waals surface area contributed by atoms with Crippen LogP contribution in [-0.2, 0) is 6.54 Å². The van der Waals surface area contributed by atoms with Crippen LogP contribution in [0.5, 0.6) is 0 Å². The van der Waals surface area contributed by atoms with Crippen molar-refractivity contribution in [2.24, 2.45) is 0 Å². The molecule has 4 rings (SSSR count). The topological polar surface area (TPSA) is 61.3 Å². The minimum Gasteiger partial charge on any atom is -0.455 e. The van der Waals surface area contributed by atoms with E-state index in [9.17, 15) is 4.79 Å². The van der Waals surface area contributed by atoms with Crippen molar-refractivity contribution in [3.63, 3.8) is 0 Å². The summed E-state index contributed by atoms with van der Waals surface area (Å²) in [5.41, 5.74) is 1.14. The lowest BCUT2D eigenvalue weighted by Gasteiger charge is -2.11. The second-order valence-electron chi connectivity index (χ2n) is 6.55. The standard InChI is InChI=1S/C20H23N3O2S/c24-20(18-8-7-15(25-18)14-23-10-3-4-11-23)21-9-12-26-19-13-22-17-6-2-1-5-16(17)19/h1-2,5-8,13,22H,3-4,9-12,14H2,(H,21,24). The number of para-hydroxylation sites is 1. The summed E-state index contributed by atoms with van der Waals surface area (Å²) in [5.74, 6) is 1.94. The Bertz CT molecular complexity index is 880. The molecule has 6 heteroatoms. The van der Waals surface area contributed by atoms with Crippen molar-refractivity contribution in [3.05, 3.63) is 54.1 Å². The molecule has 1 fully saturated rings. The van der Waals surface area contributed by atoms with Gasteiger partial charge in [-0.15, -0.1) is 11.8 Å². The van der Waals surface area contributed by atoms with Crippen molar-refractivity contribution < 1.29 is 9.21 Å². The Hall–Kier alpha value is -2.18. The van der Waals surface area contributed by atoms with Gasteiger partial charge in [-0.25, -0.2) is 0 Å². The zero-order valence-corrected chi connectivity index (χ0v) is 15.5. The Labute approximate surface area is 157 Å². The zero-order valence-electron chi connectivity index (χ0n) is 14.7. The number of H-pyrrole nitrogens is 1. The first-order valence-corrected chi connectivity index (χ1v) is 10.1. The molecule has 5 nitrogen and oxygen atoms in total. The maximum Gasteiger partial charge on any atom is 0.287 e. The third kappa shape index (κ3) is 3.97. The van der Waals surface area contributed by atoms with Gasteiger partial charge in [-0.3, -0.25) is 9.69 Å². The lowest BCUT2D eigenvalue weighted by atomic mass is 10.2. The average Bonchev–Trinajstić information content (AvgIpc) is 3.40. The number of hydrogen-bond donors (Lipinski definition) is 2. The van der Waals surface area contributed by atoms with Gasteiger partial charge in [0.15, 0.2) is 5.76 Å². The van der Waals surface area contributed by atoms with E-state index in [-0.39, 0.29) is 5.91 Å². The Morgan fingerprint density at radius 1 is 1.19 bits per heavy atom. The van der Waals surface area contributed by atoms with Crippen molar-refractivity contribution in [1.82, 2.24) is 15.2 Å². The Morgan fingerprint density at radius 2 is 2.04 bits per heavy atom. The molecular formula is C20H23N3O2S. The van der Waals surface area contributed by atoms with Gasteiger partial charge >= 0.3 is 0 Å². The van der Waals surface area contributed by atoms with Crippen LogP contribution in [0.4, 0.5) is 0 Å². The highest BCUT2D eigenvalue weighted by Gasteiger charge is 2.16. The second kappa shape index (κ2) is 8.01. The number of nitrogens with one attached hydrogen (secondary N) is 2. The van der Waals surface area contributed by atoms with Crippen molar-refractivity contribution >= 4 is 28.6 Å². The molecule has 0 unspecified atom stereocenters. The molecule has 2 aromatic heterocycles. The maximum absolute atomic E-state index is 12.2. The van der Waals surface area contributed by atoms with E-state index >= 15 is 0 Å². The average molecular weight is 369 g/mol. The molecule has 1 aromatic carbocycles. The number of hydrogen-bond acceptors (Lipinski definition) is 4. The molecule has 0 radical (unpaired) electrons. The van der Waals surface area contributed by atoms with Crippen LogP contribution in [0.2, 0.25) is 0 Å². The molecule has 0 saturated carbocycles. The number of carbonyl (C=O) groups excluding carboxylic acids is 1. The molecule has 1 saturated heterocycles. The molecule has 0 aliphatic carbocycles. The summed E-state index contributed by atoms with van der Waals surface area (Å²) >= 11 is 1.74. The third-order valence-corrected chi connectivity index (χ3v) is 5.72. The van der Waals surface area contributed by atoms with Gasteiger partial charge in [0.05, 0.1) is 6.54 Å². The van der Waals surface area contributed by atoms with E-state index in [0.29, 0.717) is 12.3 Å². The first-order chi connectivity index (χ1) is 12.8. The number of benzene rings is 1. The van der Waals surface area contributed by atoms with Crippen LogP contribution < -0.4 is 5.32 Å². The molecule has 1 amide bonds. The summed E-state index contributed by atoms with van der Waals surface area (Å²) in [6, 6.07) is 11.9. The number of fused-ring (bicyclic) bond motifs is 1. The maximum atomic E-state index is 12.2. The molecule has 1 aliphatic heterocycles. The summed E-state index contributed by atoms with van der Waals surface area (Å²) in [5, 5.41) is 4.16. The van der Waals surface area contributed by atoms with Crippen molar-refractivity contribution in [1.29, 1.82) is 0 Å². The van der Waals surface area contributed by atoms with Gasteiger partial charge in [-0.1, -0.05) is 18.2 Å². The largest absolute Gasteiger partial charge is 0.455 e. The molecule has 0 bridgehead atoms. The first-order valence-electron chi connectivity index (χ1n) is 9.08. The van der Waals surface area contributed by atoms with Crippen LogP contribution in [0, 0.1) is 0 Å². The van der Waals surface area contributed by atoms with Gasteiger partial charge in [-0.05, 0) is 44.1 Å². The number of thioether (sulfide) groups is 1. The molecule has 136 valence electrons. The highest BCUT2D eigenvalue weighted by Crippen LogP contribution is 2.27. The zero-order chi connectivity index (χ0) is 17.8. The van der Waals surface area contributed by atoms with Crippen LogP contribution >= 0.6 is 11.8 Å². The summed E-state index contributed by atoms with van der Waals surface area (Å²) < 4.78 is 5.70. The van der Waals surface area contributed by atoms with Crippen LogP contribution in [0.3, 0.4) is 0 Å². The number of amides is 1. The van der Waals surface area contributed by atoms with Crippen LogP contribution in [-0.4, -0.2) is 41.2 Å². The van der Waals surface area contributed by atoms with Gasteiger partial charge < -0.3 is 14.7 Å². The van der Waals surface area contributed by atoms with Crippen molar-refractivity contribution in [3.8, 4) is 0 Å². The molecular weight excluding hydrogens is 346 g/mol. The smallest absolute Gasteiger partial charge is 0.287 e. The molecule has 0 spiro atoms. The van der Waals surface area contributed by atoms with Gasteiger partial charge in [0.2, 0.25) is 0 Å². The molecule has 26 heavy (non-hydrogen) atoms.